The summed E-state index contributed by atoms with van der Waals surface area (Å²) in [4.78, 5) is 20.6. The minimum Gasteiger partial charge on any atom is -0.462 e. The van der Waals surface area contributed by atoms with Crippen LogP contribution >= 0.6 is 0 Å². The van der Waals surface area contributed by atoms with Gasteiger partial charge in [0.25, 0.3) is 0 Å². The first-order chi connectivity index (χ1) is 11.2. The van der Waals surface area contributed by atoms with E-state index in [1.165, 1.54) is 12.8 Å². The summed E-state index contributed by atoms with van der Waals surface area (Å²) in [5.74, 6) is 0.400. The maximum absolute atomic E-state index is 12.0. The van der Waals surface area contributed by atoms with Crippen LogP contribution in [0.25, 0.3) is 11.4 Å². The zero-order valence-corrected chi connectivity index (χ0v) is 13.9. The van der Waals surface area contributed by atoms with Gasteiger partial charge in [-0.1, -0.05) is 45.2 Å². The van der Waals surface area contributed by atoms with Gasteiger partial charge in [-0.2, -0.15) is 0 Å². The van der Waals surface area contributed by atoms with Gasteiger partial charge in [0, 0.05) is 18.0 Å². The molecule has 1 heterocycles. The number of rotatable bonds is 8. The molecule has 0 radical (unpaired) electrons. The highest BCUT2D eigenvalue weighted by Gasteiger charge is 2.08. The van der Waals surface area contributed by atoms with Crippen molar-refractivity contribution in [2.75, 3.05) is 6.61 Å². The molecule has 0 bridgehead atoms. The van der Waals surface area contributed by atoms with E-state index in [1.54, 1.807) is 12.1 Å². The van der Waals surface area contributed by atoms with E-state index < -0.39 is 0 Å². The van der Waals surface area contributed by atoms with Crippen LogP contribution in [0.5, 0.6) is 0 Å². The van der Waals surface area contributed by atoms with Crippen molar-refractivity contribution < 1.29 is 9.53 Å². The fourth-order valence-corrected chi connectivity index (χ4v) is 2.22. The van der Waals surface area contributed by atoms with Crippen molar-refractivity contribution in [2.45, 2.75) is 46.0 Å². The third kappa shape index (κ3) is 5.16. The highest BCUT2D eigenvalue weighted by Crippen LogP contribution is 2.16. The van der Waals surface area contributed by atoms with Crippen molar-refractivity contribution in [3.63, 3.8) is 0 Å². The van der Waals surface area contributed by atoms with E-state index in [-0.39, 0.29) is 5.97 Å². The van der Waals surface area contributed by atoms with Crippen LogP contribution in [0.2, 0.25) is 0 Å². The van der Waals surface area contributed by atoms with Gasteiger partial charge in [0.1, 0.15) is 0 Å². The average Bonchev–Trinajstić information content (AvgIpc) is 2.61. The molecule has 1 aromatic carbocycles. The Morgan fingerprint density at radius 1 is 1.00 bits per heavy atom. The fourth-order valence-electron chi connectivity index (χ4n) is 2.22. The van der Waals surface area contributed by atoms with E-state index in [2.05, 4.69) is 23.8 Å². The first-order valence-electron chi connectivity index (χ1n) is 8.33. The molecule has 0 saturated carbocycles. The second-order valence-electron chi connectivity index (χ2n) is 5.54. The largest absolute Gasteiger partial charge is 0.462 e. The predicted octanol–water partition coefficient (Wildman–Crippen LogP) is 4.44. The number of carbonyl (C=O) groups is 1. The Balaban J connectivity index is 1.91. The zero-order valence-electron chi connectivity index (χ0n) is 13.9. The minimum atomic E-state index is -0.268. The topological polar surface area (TPSA) is 52.1 Å². The zero-order chi connectivity index (χ0) is 16.5. The van der Waals surface area contributed by atoms with Gasteiger partial charge in [0.15, 0.2) is 5.82 Å². The summed E-state index contributed by atoms with van der Waals surface area (Å²) in [5.41, 5.74) is 2.57. The minimum absolute atomic E-state index is 0.268. The van der Waals surface area contributed by atoms with Gasteiger partial charge in [-0.3, -0.25) is 0 Å². The van der Waals surface area contributed by atoms with Crippen LogP contribution in [0.15, 0.2) is 36.7 Å². The average molecular weight is 312 g/mol. The van der Waals surface area contributed by atoms with Gasteiger partial charge < -0.3 is 4.74 Å². The van der Waals surface area contributed by atoms with E-state index in [9.17, 15) is 4.79 Å². The first kappa shape index (κ1) is 17.1. The maximum atomic E-state index is 12.0. The Kier molecular flexibility index (Phi) is 6.73. The maximum Gasteiger partial charge on any atom is 0.338 e. The second kappa shape index (κ2) is 9.03. The molecule has 122 valence electrons. The summed E-state index contributed by atoms with van der Waals surface area (Å²) in [5, 5.41) is 0. The predicted molar refractivity (Wildman–Crippen MR) is 91.3 cm³/mol. The van der Waals surface area contributed by atoms with Crippen LogP contribution in [-0.4, -0.2) is 22.5 Å². The molecule has 4 nitrogen and oxygen atoms in total. The Hall–Kier alpha value is -2.23. The van der Waals surface area contributed by atoms with E-state index in [0.717, 1.165) is 30.4 Å². The Morgan fingerprint density at radius 3 is 2.30 bits per heavy atom. The van der Waals surface area contributed by atoms with E-state index in [1.807, 2.05) is 24.5 Å². The molecule has 0 spiro atoms. The van der Waals surface area contributed by atoms with Crippen LogP contribution in [0.3, 0.4) is 0 Å². The van der Waals surface area contributed by atoms with Crippen LogP contribution in [0.4, 0.5) is 0 Å². The molecule has 0 aliphatic heterocycles. The molecule has 23 heavy (non-hydrogen) atoms. The third-order valence-corrected chi connectivity index (χ3v) is 3.72. The normalized spacial score (nSPS) is 10.5. The number of hydrogen-bond donors (Lipinski definition) is 0. The smallest absolute Gasteiger partial charge is 0.338 e. The lowest BCUT2D eigenvalue weighted by molar-refractivity contribution is 0.0498. The fraction of sp³-hybridized carbons (Fsp3) is 0.421. The lowest BCUT2D eigenvalue weighted by Gasteiger charge is -2.06. The number of carbonyl (C=O) groups excluding carboxylic acids is 1. The number of aryl methyl sites for hydroxylation is 1. The summed E-state index contributed by atoms with van der Waals surface area (Å²) in [6.45, 7) is 4.72. The summed E-state index contributed by atoms with van der Waals surface area (Å²) < 4.78 is 5.28. The summed E-state index contributed by atoms with van der Waals surface area (Å²) >= 11 is 0. The molecule has 4 heteroatoms. The number of esters is 1. The van der Waals surface area contributed by atoms with Crippen LogP contribution in [0.1, 0.15) is 55.5 Å². The molecule has 2 aromatic rings. The highest BCUT2D eigenvalue weighted by molar-refractivity contribution is 5.89. The molecule has 0 N–H and O–H groups in total. The number of benzene rings is 1. The lowest BCUT2D eigenvalue weighted by atomic mass is 10.1. The number of ether oxygens (including phenoxy) is 1. The molecule has 0 aliphatic rings. The summed E-state index contributed by atoms with van der Waals surface area (Å²) in [6.07, 6.45) is 8.98. The number of hydrogen-bond acceptors (Lipinski definition) is 4. The van der Waals surface area contributed by atoms with E-state index in [4.69, 9.17) is 4.74 Å². The second-order valence-corrected chi connectivity index (χ2v) is 5.54. The molecule has 0 unspecified atom stereocenters. The first-order valence-corrected chi connectivity index (χ1v) is 8.33. The van der Waals surface area contributed by atoms with Crippen LogP contribution in [0, 0.1) is 0 Å². The van der Waals surface area contributed by atoms with Crippen molar-refractivity contribution in [3.8, 4) is 11.4 Å². The van der Waals surface area contributed by atoms with Gasteiger partial charge in [0.2, 0.25) is 0 Å². The highest BCUT2D eigenvalue weighted by atomic mass is 16.5. The SMILES string of the molecule is CCCCCCOC(=O)c1ccc(-c2ncc(CC)cn2)cc1. The van der Waals surface area contributed by atoms with Crippen molar-refractivity contribution in [2.24, 2.45) is 0 Å². The number of unbranched alkanes of at least 4 members (excludes halogenated alkanes) is 3. The molecule has 1 aromatic heterocycles. The van der Waals surface area contributed by atoms with Crippen molar-refractivity contribution in [1.82, 2.24) is 9.97 Å². The van der Waals surface area contributed by atoms with Gasteiger partial charge in [-0.15, -0.1) is 0 Å². The molecule has 0 fully saturated rings. The van der Waals surface area contributed by atoms with Crippen LogP contribution < -0.4 is 0 Å². The summed E-state index contributed by atoms with van der Waals surface area (Å²) in [6, 6.07) is 7.24. The van der Waals surface area contributed by atoms with Crippen molar-refractivity contribution >= 4 is 5.97 Å². The molecule has 0 amide bonds. The van der Waals surface area contributed by atoms with Gasteiger partial charge in [-0.25, -0.2) is 14.8 Å². The van der Waals surface area contributed by atoms with Gasteiger partial charge in [-0.05, 0) is 30.5 Å². The number of aromatic nitrogens is 2. The lowest BCUT2D eigenvalue weighted by Crippen LogP contribution is -2.06. The Morgan fingerprint density at radius 2 is 1.70 bits per heavy atom. The standard InChI is InChI=1S/C19H24N2O2/c1-3-5-6-7-12-23-19(22)17-10-8-16(9-11-17)18-20-13-15(4-2)14-21-18/h8-11,13-14H,3-7,12H2,1-2H3. The third-order valence-electron chi connectivity index (χ3n) is 3.72. The van der Waals surface area contributed by atoms with Crippen molar-refractivity contribution in [1.29, 1.82) is 0 Å². The molecular formula is C19H24N2O2. The monoisotopic (exact) mass is 312 g/mol. The van der Waals surface area contributed by atoms with E-state index in [0.29, 0.717) is 18.0 Å². The molecule has 0 aliphatic carbocycles. The Labute approximate surface area is 137 Å². The van der Waals surface area contributed by atoms with Gasteiger partial charge in [0.05, 0.1) is 12.2 Å². The Bertz CT molecular complexity index is 606. The molecule has 0 saturated heterocycles. The van der Waals surface area contributed by atoms with Crippen LogP contribution in [-0.2, 0) is 11.2 Å². The van der Waals surface area contributed by atoms with Crippen molar-refractivity contribution in [3.05, 3.63) is 47.8 Å². The summed E-state index contributed by atoms with van der Waals surface area (Å²) in [7, 11) is 0. The van der Waals surface area contributed by atoms with E-state index >= 15 is 0 Å². The molecule has 0 atom stereocenters. The molecule has 2 rings (SSSR count). The van der Waals surface area contributed by atoms with Gasteiger partial charge >= 0.3 is 5.97 Å². The quantitative estimate of drug-likeness (QED) is 0.534. The molecular weight excluding hydrogens is 288 g/mol. The number of nitrogens with zero attached hydrogens (tertiary/aromatic N) is 2.